The van der Waals surface area contributed by atoms with Crippen molar-refractivity contribution in [3.05, 3.63) is 12.2 Å². The van der Waals surface area contributed by atoms with Crippen LogP contribution in [0.15, 0.2) is 12.2 Å². The molecule has 1 aliphatic carbocycles. The quantitative estimate of drug-likeness (QED) is 0.256. The first kappa shape index (κ1) is 20.9. The molecular formula is C10H12F7IO4S. The first-order chi connectivity index (χ1) is 10.1. The van der Waals surface area contributed by atoms with Gasteiger partial charge in [-0.3, -0.25) is 0 Å². The molecule has 0 heterocycles. The maximum absolute atomic E-state index is 14.7. The Morgan fingerprint density at radius 3 is 1.83 bits per heavy atom. The van der Waals surface area contributed by atoms with Crippen LogP contribution < -0.4 is 0 Å². The van der Waals surface area contributed by atoms with E-state index >= 15 is 0 Å². The average Bonchev–Trinajstić information content (AvgIpc) is 2.40. The van der Waals surface area contributed by atoms with Gasteiger partial charge in [-0.05, 0) is 0 Å². The Morgan fingerprint density at radius 1 is 0.957 bits per heavy atom. The van der Waals surface area contributed by atoms with Crippen molar-refractivity contribution in [1.29, 1.82) is 0 Å². The molecule has 1 rings (SSSR count). The molecule has 0 spiro atoms. The Morgan fingerprint density at radius 2 is 1.43 bits per heavy atom. The van der Waals surface area contributed by atoms with E-state index in [-0.39, 0.29) is 0 Å². The number of hydrogen-bond acceptors (Lipinski definition) is 4. The summed E-state index contributed by atoms with van der Waals surface area (Å²) >= 11 is -4.66. The molecule has 0 saturated carbocycles. The molecule has 0 aromatic carbocycles. The molecule has 23 heavy (non-hydrogen) atoms. The molecular weight excluding hydrogens is 476 g/mol. The summed E-state index contributed by atoms with van der Waals surface area (Å²) in [6.45, 7) is 2.10. The molecule has 0 amide bonds. The molecule has 4 nitrogen and oxygen atoms in total. The summed E-state index contributed by atoms with van der Waals surface area (Å²) in [4.78, 5) is 0. The Hall–Kier alpha value is -0.150. The van der Waals surface area contributed by atoms with E-state index in [4.69, 9.17) is 0 Å². The van der Waals surface area contributed by atoms with Crippen LogP contribution in [-0.4, -0.2) is 40.9 Å². The van der Waals surface area contributed by atoms with Gasteiger partial charge in [0.1, 0.15) is 0 Å². The van der Waals surface area contributed by atoms with Crippen LogP contribution >= 0.6 is 20.2 Å². The van der Waals surface area contributed by atoms with E-state index in [1.54, 1.807) is 0 Å². The monoisotopic (exact) mass is 488 g/mol. The molecule has 138 valence electrons. The zero-order chi connectivity index (χ0) is 18.5. The van der Waals surface area contributed by atoms with Crippen LogP contribution in [0.3, 0.4) is 0 Å². The molecule has 0 saturated heterocycles. The zero-order valence-electron chi connectivity index (χ0n) is 11.8. The Kier molecular flexibility index (Phi) is 5.43. The fourth-order valence-corrected chi connectivity index (χ4v) is 9.26. The van der Waals surface area contributed by atoms with Crippen LogP contribution in [0.4, 0.5) is 30.7 Å². The van der Waals surface area contributed by atoms with Gasteiger partial charge < -0.3 is 0 Å². The summed E-state index contributed by atoms with van der Waals surface area (Å²) in [5.41, 5.74) is 0. The van der Waals surface area contributed by atoms with E-state index in [0.717, 1.165) is 13.8 Å². The first-order valence-corrected chi connectivity index (χ1v) is 10.3. The maximum atomic E-state index is 14.7. The number of allylic oxidation sites excluding steroid dienone is 2. The van der Waals surface area contributed by atoms with Gasteiger partial charge in [0.2, 0.25) is 0 Å². The molecule has 0 aromatic rings. The third-order valence-electron chi connectivity index (χ3n) is 2.75. The minimum absolute atomic E-state index is 0.430. The standard InChI is InChI=1S/C10H12F7IO4S/c1-6(2)18(22-23(19,20)21-3)8(13)5-4-7(11,12)9(14,15)10(8,16)17/h4-6H,1-3H3. The fraction of sp³-hybridized carbons (Fsp3) is 0.800. The van der Waals surface area contributed by atoms with Crippen molar-refractivity contribution in [3.8, 4) is 0 Å². The Bertz CT molecular complexity index is 592. The molecule has 0 aliphatic heterocycles. The summed E-state index contributed by atoms with van der Waals surface area (Å²) in [5, 5.41) is 0. The minimum atomic E-state index is -6.06. The molecule has 0 aromatic heterocycles. The van der Waals surface area contributed by atoms with Gasteiger partial charge in [-0.1, -0.05) is 0 Å². The van der Waals surface area contributed by atoms with E-state index in [9.17, 15) is 39.2 Å². The van der Waals surface area contributed by atoms with Crippen LogP contribution in [0.1, 0.15) is 13.8 Å². The zero-order valence-corrected chi connectivity index (χ0v) is 14.8. The summed E-state index contributed by atoms with van der Waals surface area (Å²) < 4.78 is 120. The van der Waals surface area contributed by atoms with Crippen LogP contribution in [0.2, 0.25) is 0 Å². The van der Waals surface area contributed by atoms with Crippen molar-refractivity contribution >= 4 is 30.6 Å². The molecule has 13 heteroatoms. The fourth-order valence-electron chi connectivity index (χ4n) is 1.56. The van der Waals surface area contributed by atoms with Gasteiger partial charge in [0, 0.05) is 0 Å². The number of rotatable bonds is 5. The second-order valence-corrected chi connectivity index (χ2v) is 12.6. The average molecular weight is 488 g/mol. The van der Waals surface area contributed by atoms with Crippen molar-refractivity contribution in [2.45, 2.75) is 39.2 Å². The molecule has 0 bridgehead atoms. The van der Waals surface area contributed by atoms with Crippen molar-refractivity contribution in [3.63, 3.8) is 0 Å². The predicted octanol–water partition coefficient (Wildman–Crippen LogP) is 3.87. The third kappa shape index (κ3) is 3.20. The number of alkyl halides is 9. The van der Waals surface area contributed by atoms with Gasteiger partial charge in [0.15, 0.2) is 0 Å². The second-order valence-electron chi connectivity index (χ2n) is 4.66. The van der Waals surface area contributed by atoms with E-state index < -0.39 is 68.2 Å². The molecule has 0 N–H and O–H groups in total. The molecule has 0 fully saturated rings. The van der Waals surface area contributed by atoms with E-state index in [1.807, 2.05) is 0 Å². The van der Waals surface area contributed by atoms with Crippen molar-refractivity contribution in [1.82, 2.24) is 0 Å². The van der Waals surface area contributed by atoms with Crippen molar-refractivity contribution < 1.29 is 45.8 Å². The van der Waals surface area contributed by atoms with Gasteiger partial charge >= 0.3 is 135 Å². The van der Waals surface area contributed by atoms with Crippen molar-refractivity contribution in [2.75, 3.05) is 7.11 Å². The normalized spacial score (nSPS) is 29.6. The second kappa shape index (κ2) is 5.98. The van der Waals surface area contributed by atoms with Gasteiger partial charge in [-0.2, -0.15) is 0 Å². The summed E-state index contributed by atoms with van der Waals surface area (Å²) in [6.07, 6.45) is -1.12. The van der Waals surface area contributed by atoms with Gasteiger partial charge in [0.05, 0.1) is 0 Å². The first-order valence-electron chi connectivity index (χ1n) is 5.77. The Balaban J connectivity index is 3.52. The van der Waals surface area contributed by atoms with Gasteiger partial charge in [-0.25, -0.2) is 0 Å². The summed E-state index contributed by atoms with van der Waals surface area (Å²) in [6, 6.07) is 0. The third-order valence-corrected chi connectivity index (χ3v) is 10.8. The summed E-state index contributed by atoms with van der Waals surface area (Å²) in [7, 11) is -4.36. The number of halogens is 8. The van der Waals surface area contributed by atoms with Crippen LogP contribution in [-0.2, 0) is 17.1 Å². The van der Waals surface area contributed by atoms with Crippen LogP contribution in [0, 0.1) is 0 Å². The summed E-state index contributed by atoms with van der Waals surface area (Å²) in [5.74, 6) is -17.2. The van der Waals surface area contributed by atoms with Gasteiger partial charge in [0.25, 0.3) is 0 Å². The molecule has 1 atom stereocenters. The van der Waals surface area contributed by atoms with Crippen LogP contribution in [0.5, 0.6) is 0 Å². The SMILES string of the molecule is COS(=O)(=O)OI(C(C)C)C1(F)C=CC(F)(F)C(F)(F)C1(F)F. The van der Waals surface area contributed by atoms with Crippen LogP contribution in [0.25, 0.3) is 0 Å². The van der Waals surface area contributed by atoms with Gasteiger partial charge in [-0.15, -0.1) is 0 Å². The van der Waals surface area contributed by atoms with E-state index in [2.05, 4.69) is 6.70 Å². The van der Waals surface area contributed by atoms with E-state index in [1.165, 1.54) is 0 Å². The number of hydrogen-bond donors (Lipinski definition) is 0. The predicted molar refractivity (Wildman–Crippen MR) is 74.0 cm³/mol. The molecule has 1 unspecified atom stereocenters. The Labute approximate surface area is 135 Å². The molecule has 0 radical (unpaired) electrons. The molecule has 1 aliphatic rings. The van der Waals surface area contributed by atoms with Crippen molar-refractivity contribution in [2.24, 2.45) is 0 Å². The van der Waals surface area contributed by atoms with E-state index in [0.29, 0.717) is 7.11 Å². The topological polar surface area (TPSA) is 52.6 Å².